The number of benzene rings is 1. The van der Waals surface area contributed by atoms with Gasteiger partial charge in [0.15, 0.2) is 0 Å². The van der Waals surface area contributed by atoms with E-state index in [1.807, 2.05) is 13.0 Å². The minimum atomic E-state index is -3.19. The summed E-state index contributed by atoms with van der Waals surface area (Å²) in [7, 11) is -3.19. The zero-order chi connectivity index (χ0) is 17.8. The van der Waals surface area contributed by atoms with Crippen molar-refractivity contribution < 1.29 is 17.5 Å². The third kappa shape index (κ3) is 3.35. The van der Waals surface area contributed by atoms with E-state index in [0.717, 1.165) is 37.1 Å². The van der Waals surface area contributed by atoms with Crippen molar-refractivity contribution in [3.8, 4) is 0 Å². The molecule has 3 aliphatic heterocycles. The molecule has 0 aromatic heterocycles. The highest BCUT2D eigenvalue weighted by Gasteiger charge is 2.62. The van der Waals surface area contributed by atoms with Gasteiger partial charge in [-0.15, -0.1) is 0 Å². The lowest BCUT2D eigenvalue weighted by molar-refractivity contribution is 0.00219. The Balaban J connectivity index is 1.47. The van der Waals surface area contributed by atoms with E-state index in [9.17, 15) is 12.8 Å². The van der Waals surface area contributed by atoms with Crippen molar-refractivity contribution in [2.75, 3.05) is 25.9 Å². The Morgan fingerprint density at radius 3 is 2.92 bits per heavy atom. The van der Waals surface area contributed by atoms with Crippen molar-refractivity contribution in [2.24, 2.45) is 11.8 Å². The molecule has 0 amide bonds. The van der Waals surface area contributed by atoms with Crippen molar-refractivity contribution in [3.05, 3.63) is 35.1 Å². The van der Waals surface area contributed by atoms with Gasteiger partial charge in [0.1, 0.15) is 5.82 Å². The van der Waals surface area contributed by atoms with E-state index in [1.165, 1.54) is 6.26 Å². The van der Waals surface area contributed by atoms with E-state index in [2.05, 4.69) is 9.62 Å². The topological polar surface area (TPSA) is 58.6 Å². The van der Waals surface area contributed by atoms with Gasteiger partial charge < -0.3 is 4.74 Å². The first-order chi connectivity index (χ1) is 11.7. The lowest BCUT2D eigenvalue weighted by atomic mass is 9.74. The fourth-order valence-corrected chi connectivity index (χ4v) is 5.58. The summed E-state index contributed by atoms with van der Waals surface area (Å²) in [5.41, 5.74) is 1.77. The van der Waals surface area contributed by atoms with Gasteiger partial charge in [0.25, 0.3) is 0 Å². The number of fused-ring (bicyclic) bond motifs is 1. The van der Waals surface area contributed by atoms with Crippen molar-refractivity contribution >= 4 is 10.0 Å². The Kier molecular flexibility index (Phi) is 4.18. The van der Waals surface area contributed by atoms with E-state index in [-0.39, 0.29) is 23.4 Å². The monoisotopic (exact) mass is 368 g/mol. The second-order valence-corrected chi connectivity index (χ2v) is 9.79. The highest BCUT2D eigenvalue weighted by Crippen LogP contribution is 2.54. The van der Waals surface area contributed by atoms with E-state index in [0.29, 0.717) is 19.0 Å². The van der Waals surface area contributed by atoms with Gasteiger partial charge in [-0.1, -0.05) is 6.07 Å². The van der Waals surface area contributed by atoms with Crippen LogP contribution in [0.2, 0.25) is 0 Å². The van der Waals surface area contributed by atoms with Crippen molar-refractivity contribution in [1.82, 2.24) is 9.62 Å². The number of sulfonamides is 1. The molecule has 3 heterocycles. The van der Waals surface area contributed by atoms with Gasteiger partial charge in [0, 0.05) is 38.0 Å². The Bertz CT molecular complexity index is 764. The van der Waals surface area contributed by atoms with Gasteiger partial charge in [-0.3, -0.25) is 4.90 Å². The van der Waals surface area contributed by atoms with Gasteiger partial charge in [0.2, 0.25) is 10.0 Å². The Morgan fingerprint density at radius 2 is 2.20 bits per heavy atom. The maximum absolute atomic E-state index is 13.6. The van der Waals surface area contributed by atoms with Crippen LogP contribution in [0.15, 0.2) is 18.2 Å². The molecule has 1 aromatic rings. The molecule has 4 atom stereocenters. The summed E-state index contributed by atoms with van der Waals surface area (Å²) in [6, 6.07) is 5.16. The number of aryl methyl sites for hydroxylation is 1. The molecule has 0 saturated carbocycles. The molecular weight excluding hydrogens is 343 g/mol. The number of halogens is 1. The number of nitrogens with zero attached hydrogens (tertiary/aromatic N) is 1. The third-order valence-corrected chi connectivity index (χ3v) is 6.63. The number of rotatable bonds is 5. The molecule has 138 valence electrons. The Hall–Kier alpha value is -1.02. The van der Waals surface area contributed by atoms with Crippen LogP contribution in [0.25, 0.3) is 0 Å². The van der Waals surface area contributed by atoms with E-state index in [4.69, 9.17) is 4.74 Å². The summed E-state index contributed by atoms with van der Waals surface area (Å²) < 4.78 is 45.5. The van der Waals surface area contributed by atoms with Crippen LogP contribution < -0.4 is 4.72 Å². The fourth-order valence-electron chi connectivity index (χ4n) is 5.09. The van der Waals surface area contributed by atoms with Crippen LogP contribution in [0.1, 0.15) is 24.0 Å². The van der Waals surface area contributed by atoms with Gasteiger partial charge >= 0.3 is 0 Å². The van der Waals surface area contributed by atoms with Crippen molar-refractivity contribution in [3.63, 3.8) is 0 Å². The highest BCUT2D eigenvalue weighted by molar-refractivity contribution is 7.88. The van der Waals surface area contributed by atoms with E-state index >= 15 is 0 Å². The summed E-state index contributed by atoms with van der Waals surface area (Å²) in [4.78, 5) is 2.33. The maximum atomic E-state index is 13.6. The number of ether oxygens (including phenoxy) is 1. The number of hydrogen-bond donors (Lipinski definition) is 1. The zero-order valence-electron chi connectivity index (χ0n) is 14.7. The summed E-state index contributed by atoms with van der Waals surface area (Å²) >= 11 is 0. The minimum absolute atomic E-state index is 0.142. The van der Waals surface area contributed by atoms with Crippen LogP contribution in [-0.2, 0) is 21.3 Å². The van der Waals surface area contributed by atoms with Gasteiger partial charge in [-0.05, 0) is 43.0 Å². The summed E-state index contributed by atoms with van der Waals surface area (Å²) in [6.07, 6.45) is 3.40. The van der Waals surface area contributed by atoms with Crippen LogP contribution in [0.3, 0.4) is 0 Å². The molecule has 1 aromatic carbocycles. The average Bonchev–Trinajstić information content (AvgIpc) is 3.10. The molecule has 7 heteroatoms. The van der Waals surface area contributed by atoms with E-state index < -0.39 is 10.0 Å². The normalized spacial score (nSPS) is 34.6. The maximum Gasteiger partial charge on any atom is 0.208 e. The molecule has 3 saturated heterocycles. The molecule has 0 radical (unpaired) electrons. The van der Waals surface area contributed by atoms with Crippen molar-refractivity contribution in [2.45, 2.75) is 38.0 Å². The fraction of sp³-hybridized carbons (Fsp3) is 0.667. The standard InChI is InChI=1S/C18H25FN2O3S/c1-12-5-13(7-14(19)6-12)9-21-10-16-15(8-20-25(2,22)23)17-3-4-18(16,11-21)24-17/h5-7,15-17,20H,3-4,8-11H2,1-2H3/t15-,16+,17+,18+/m0/s1. The second kappa shape index (κ2) is 6.01. The molecule has 2 bridgehead atoms. The van der Waals surface area contributed by atoms with Gasteiger partial charge in [0.05, 0.1) is 18.0 Å². The average molecular weight is 368 g/mol. The Labute approximate surface area is 148 Å². The third-order valence-electron chi connectivity index (χ3n) is 5.94. The molecule has 3 aliphatic rings. The van der Waals surface area contributed by atoms with Crippen LogP contribution in [0.4, 0.5) is 4.39 Å². The summed E-state index contributed by atoms with van der Waals surface area (Å²) in [5, 5.41) is 0. The molecule has 1 spiro atoms. The first-order valence-corrected chi connectivity index (χ1v) is 10.7. The highest BCUT2D eigenvalue weighted by atomic mass is 32.2. The quantitative estimate of drug-likeness (QED) is 0.859. The molecule has 25 heavy (non-hydrogen) atoms. The first kappa shape index (κ1) is 17.4. The second-order valence-electron chi connectivity index (χ2n) is 7.96. The van der Waals surface area contributed by atoms with Crippen LogP contribution in [0.5, 0.6) is 0 Å². The lowest BCUT2D eigenvalue weighted by Gasteiger charge is -2.29. The SMILES string of the molecule is Cc1cc(F)cc(CN2C[C@@H]3[C@H](CNS(C)(=O)=O)[C@H]4CC[C@]3(C2)O4)c1. The smallest absolute Gasteiger partial charge is 0.208 e. The molecule has 0 aliphatic carbocycles. The molecule has 5 nitrogen and oxygen atoms in total. The van der Waals surface area contributed by atoms with Gasteiger partial charge in [-0.2, -0.15) is 0 Å². The number of nitrogens with one attached hydrogen (secondary N) is 1. The minimum Gasteiger partial charge on any atom is -0.370 e. The predicted octanol–water partition coefficient (Wildman–Crippen LogP) is 1.66. The zero-order valence-corrected chi connectivity index (χ0v) is 15.5. The number of hydrogen-bond acceptors (Lipinski definition) is 4. The summed E-state index contributed by atoms with van der Waals surface area (Å²) in [5.74, 6) is 0.373. The summed E-state index contributed by atoms with van der Waals surface area (Å²) in [6.45, 7) is 4.78. The Morgan fingerprint density at radius 1 is 1.40 bits per heavy atom. The first-order valence-electron chi connectivity index (χ1n) is 8.85. The lowest BCUT2D eigenvalue weighted by Crippen LogP contribution is -2.41. The molecule has 1 N–H and O–H groups in total. The predicted molar refractivity (Wildman–Crippen MR) is 93.1 cm³/mol. The van der Waals surface area contributed by atoms with Gasteiger partial charge in [-0.25, -0.2) is 17.5 Å². The molecular formula is C18H25FN2O3S. The number of likely N-dealkylation sites (tertiary alicyclic amines) is 1. The molecule has 3 fully saturated rings. The van der Waals surface area contributed by atoms with Crippen LogP contribution >= 0.6 is 0 Å². The van der Waals surface area contributed by atoms with Crippen LogP contribution in [-0.4, -0.2) is 50.9 Å². The molecule has 0 unspecified atom stereocenters. The van der Waals surface area contributed by atoms with Crippen molar-refractivity contribution in [1.29, 1.82) is 0 Å². The molecule has 4 rings (SSSR count). The largest absolute Gasteiger partial charge is 0.370 e. The van der Waals surface area contributed by atoms with E-state index in [1.54, 1.807) is 12.1 Å². The van der Waals surface area contributed by atoms with Crippen LogP contribution in [0, 0.1) is 24.6 Å².